The highest BCUT2D eigenvalue weighted by molar-refractivity contribution is 5.98. The first kappa shape index (κ1) is 19.8. The number of hydrogen-bond donors (Lipinski definition) is 1. The van der Waals surface area contributed by atoms with E-state index in [2.05, 4.69) is 0 Å². The van der Waals surface area contributed by atoms with Crippen molar-refractivity contribution in [1.82, 2.24) is 0 Å². The first-order valence-corrected chi connectivity index (χ1v) is 8.79. The maximum atomic E-state index is 11.8. The number of carbonyl (C=O) groups excluding carboxylic acids is 2. The highest BCUT2D eigenvalue weighted by Crippen LogP contribution is 2.22. The number of esters is 1. The van der Waals surface area contributed by atoms with Gasteiger partial charge in [0.05, 0.1) is 25.9 Å². The molecule has 0 saturated heterocycles. The van der Waals surface area contributed by atoms with Crippen LogP contribution in [0.3, 0.4) is 0 Å². The second kappa shape index (κ2) is 12.3. The number of hydrogen-bond acceptors (Lipinski definition) is 5. The molecule has 132 valence electrons. The van der Waals surface area contributed by atoms with Gasteiger partial charge < -0.3 is 14.6 Å². The Balaban J connectivity index is 2.00. The number of allylic oxidation sites excluding steroid dienone is 1. The number of ketones is 1. The van der Waals surface area contributed by atoms with Gasteiger partial charge in [-0.05, 0) is 37.8 Å². The number of unbranched alkanes of at least 4 members (excludes halogenated alkanes) is 5. The zero-order valence-corrected chi connectivity index (χ0v) is 14.2. The Morgan fingerprint density at radius 3 is 2.61 bits per heavy atom. The van der Waals surface area contributed by atoms with E-state index in [1.807, 2.05) is 13.0 Å². The van der Waals surface area contributed by atoms with Gasteiger partial charge in [0, 0.05) is 12.8 Å². The molecule has 0 saturated carbocycles. The Hall–Kier alpha value is -1.20. The Labute approximate surface area is 139 Å². The SMILES string of the molecule is CCOC(=O)CCCCCCCCC1=CC(OCCO)CC1=O. The van der Waals surface area contributed by atoms with Crippen LogP contribution < -0.4 is 0 Å². The quantitative estimate of drug-likeness (QED) is 0.416. The molecule has 1 rings (SSSR count). The van der Waals surface area contributed by atoms with E-state index in [0.29, 0.717) is 19.4 Å². The number of Topliss-reactive ketones (excluding diaryl/α,β-unsaturated/α-hetero) is 1. The molecule has 0 aromatic rings. The topological polar surface area (TPSA) is 72.8 Å². The van der Waals surface area contributed by atoms with Gasteiger partial charge in [-0.3, -0.25) is 9.59 Å². The summed E-state index contributed by atoms with van der Waals surface area (Å²) in [5, 5.41) is 8.72. The molecule has 0 aromatic carbocycles. The lowest BCUT2D eigenvalue weighted by atomic mass is 10.0. The van der Waals surface area contributed by atoms with E-state index in [1.54, 1.807) is 0 Å². The van der Waals surface area contributed by atoms with Crippen LogP contribution in [0.2, 0.25) is 0 Å². The Bertz CT molecular complexity index is 389. The predicted octanol–water partition coefficient (Wildman–Crippen LogP) is 2.95. The average molecular weight is 326 g/mol. The van der Waals surface area contributed by atoms with Crippen molar-refractivity contribution in [3.05, 3.63) is 11.6 Å². The van der Waals surface area contributed by atoms with Crippen molar-refractivity contribution in [2.24, 2.45) is 0 Å². The molecule has 0 radical (unpaired) electrons. The van der Waals surface area contributed by atoms with Crippen molar-refractivity contribution < 1.29 is 24.2 Å². The van der Waals surface area contributed by atoms with Crippen LogP contribution in [-0.2, 0) is 19.1 Å². The summed E-state index contributed by atoms with van der Waals surface area (Å²) in [6, 6.07) is 0. The summed E-state index contributed by atoms with van der Waals surface area (Å²) in [4.78, 5) is 23.0. The van der Waals surface area contributed by atoms with E-state index in [1.165, 1.54) is 0 Å². The third kappa shape index (κ3) is 8.86. The highest BCUT2D eigenvalue weighted by atomic mass is 16.5. The van der Waals surface area contributed by atoms with Crippen LogP contribution in [0.5, 0.6) is 0 Å². The van der Waals surface area contributed by atoms with Gasteiger partial charge in [-0.1, -0.05) is 25.7 Å². The normalized spacial score (nSPS) is 17.4. The summed E-state index contributed by atoms with van der Waals surface area (Å²) in [5.74, 6) is 0.0829. The zero-order valence-electron chi connectivity index (χ0n) is 14.2. The fourth-order valence-electron chi connectivity index (χ4n) is 2.75. The monoisotopic (exact) mass is 326 g/mol. The summed E-state index contributed by atoms with van der Waals surface area (Å²) in [7, 11) is 0. The number of carbonyl (C=O) groups is 2. The smallest absolute Gasteiger partial charge is 0.305 e. The first-order chi connectivity index (χ1) is 11.2. The molecule has 1 unspecified atom stereocenters. The van der Waals surface area contributed by atoms with E-state index < -0.39 is 0 Å². The van der Waals surface area contributed by atoms with Gasteiger partial charge in [-0.2, -0.15) is 0 Å². The lowest BCUT2D eigenvalue weighted by molar-refractivity contribution is -0.143. The van der Waals surface area contributed by atoms with E-state index >= 15 is 0 Å². The molecular formula is C18H30O5. The molecule has 1 N–H and O–H groups in total. The van der Waals surface area contributed by atoms with Gasteiger partial charge in [0.1, 0.15) is 0 Å². The van der Waals surface area contributed by atoms with Crippen molar-refractivity contribution in [1.29, 1.82) is 0 Å². The minimum Gasteiger partial charge on any atom is -0.466 e. The molecule has 1 aliphatic rings. The minimum atomic E-state index is -0.146. The van der Waals surface area contributed by atoms with Crippen LogP contribution in [0, 0.1) is 0 Å². The Morgan fingerprint density at radius 2 is 1.91 bits per heavy atom. The molecule has 0 bridgehead atoms. The molecule has 1 aliphatic carbocycles. The predicted molar refractivity (Wildman–Crippen MR) is 88.1 cm³/mol. The molecule has 0 aromatic heterocycles. The van der Waals surface area contributed by atoms with E-state index in [-0.39, 0.29) is 31.1 Å². The van der Waals surface area contributed by atoms with Crippen molar-refractivity contribution in [3.8, 4) is 0 Å². The number of aliphatic hydroxyl groups excluding tert-OH is 1. The van der Waals surface area contributed by atoms with Crippen molar-refractivity contribution in [2.45, 2.75) is 70.8 Å². The number of ether oxygens (including phenoxy) is 2. The first-order valence-electron chi connectivity index (χ1n) is 8.79. The maximum absolute atomic E-state index is 11.8. The Morgan fingerprint density at radius 1 is 1.22 bits per heavy atom. The second-order valence-corrected chi connectivity index (χ2v) is 5.88. The van der Waals surface area contributed by atoms with Crippen molar-refractivity contribution in [2.75, 3.05) is 19.8 Å². The molecule has 0 spiro atoms. The summed E-state index contributed by atoms with van der Waals surface area (Å²) in [6.45, 7) is 2.56. The third-order valence-electron chi connectivity index (χ3n) is 3.94. The third-order valence-corrected chi connectivity index (χ3v) is 3.94. The van der Waals surface area contributed by atoms with Gasteiger partial charge in [0.25, 0.3) is 0 Å². The van der Waals surface area contributed by atoms with Crippen LogP contribution in [0.4, 0.5) is 0 Å². The fourth-order valence-corrected chi connectivity index (χ4v) is 2.75. The van der Waals surface area contributed by atoms with Crippen LogP contribution in [0.15, 0.2) is 11.6 Å². The molecule has 0 amide bonds. The van der Waals surface area contributed by atoms with Crippen molar-refractivity contribution >= 4 is 11.8 Å². The maximum Gasteiger partial charge on any atom is 0.305 e. The van der Waals surface area contributed by atoms with E-state index in [9.17, 15) is 9.59 Å². The van der Waals surface area contributed by atoms with Crippen LogP contribution in [0.1, 0.15) is 64.7 Å². The summed E-state index contributed by atoms with van der Waals surface area (Å²) < 4.78 is 10.3. The van der Waals surface area contributed by atoms with Crippen LogP contribution in [-0.4, -0.2) is 42.8 Å². The standard InChI is InChI=1S/C18H30O5/c1-2-22-18(21)10-8-6-4-3-5-7-9-15-13-16(14-17(15)20)23-12-11-19/h13,16,19H,2-12,14H2,1H3. The van der Waals surface area contributed by atoms with Crippen molar-refractivity contribution in [3.63, 3.8) is 0 Å². The lowest BCUT2D eigenvalue weighted by Gasteiger charge is -2.05. The molecule has 23 heavy (non-hydrogen) atoms. The Kier molecular flexibility index (Phi) is 10.6. The fraction of sp³-hybridized carbons (Fsp3) is 0.778. The molecule has 0 heterocycles. The minimum absolute atomic E-state index is 0.00989. The lowest BCUT2D eigenvalue weighted by Crippen LogP contribution is -2.11. The average Bonchev–Trinajstić information content (AvgIpc) is 2.88. The molecule has 0 aliphatic heterocycles. The van der Waals surface area contributed by atoms with Crippen LogP contribution in [0.25, 0.3) is 0 Å². The largest absolute Gasteiger partial charge is 0.466 e. The second-order valence-electron chi connectivity index (χ2n) is 5.88. The zero-order chi connectivity index (χ0) is 16.9. The van der Waals surface area contributed by atoms with Crippen LogP contribution >= 0.6 is 0 Å². The van der Waals surface area contributed by atoms with Gasteiger partial charge >= 0.3 is 5.97 Å². The molecular weight excluding hydrogens is 296 g/mol. The van der Waals surface area contributed by atoms with E-state index in [4.69, 9.17) is 14.6 Å². The number of rotatable bonds is 13. The summed E-state index contributed by atoms with van der Waals surface area (Å²) >= 11 is 0. The summed E-state index contributed by atoms with van der Waals surface area (Å²) in [6.07, 6.45) is 9.85. The van der Waals surface area contributed by atoms with E-state index in [0.717, 1.165) is 50.5 Å². The van der Waals surface area contributed by atoms with Gasteiger partial charge in [0.15, 0.2) is 5.78 Å². The highest BCUT2D eigenvalue weighted by Gasteiger charge is 2.23. The molecule has 5 heteroatoms. The molecule has 0 fully saturated rings. The molecule has 1 atom stereocenters. The van der Waals surface area contributed by atoms with Gasteiger partial charge in [-0.15, -0.1) is 0 Å². The molecule has 5 nitrogen and oxygen atoms in total. The van der Waals surface area contributed by atoms with Gasteiger partial charge in [0.2, 0.25) is 0 Å². The summed E-state index contributed by atoms with van der Waals surface area (Å²) in [5.41, 5.74) is 0.884. The number of aliphatic hydroxyl groups is 1. The van der Waals surface area contributed by atoms with Gasteiger partial charge in [-0.25, -0.2) is 0 Å².